The minimum atomic E-state index is -0.537. The van der Waals surface area contributed by atoms with E-state index in [0.29, 0.717) is 24.0 Å². The Hall–Kier alpha value is -2.40. The Bertz CT molecular complexity index is 762. The lowest BCUT2D eigenvalue weighted by atomic mass is 9.91. The van der Waals surface area contributed by atoms with Gasteiger partial charge in [-0.3, -0.25) is 4.79 Å². The normalized spacial score (nSPS) is 18.8. The van der Waals surface area contributed by atoms with Crippen LogP contribution in [-0.2, 0) is 12.8 Å². The molecule has 1 amide bonds. The molecule has 0 unspecified atom stereocenters. The monoisotopic (exact) mass is 329 g/mol. The van der Waals surface area contributed by atoms with E-state index in [9.17, 15) is 9.18 Å². The topological polar surface area (TPSA) is 58.6 Å². The summed E-state index contributed by atoms with van der Waals surface area (Å²) in [4.78, 5) is 12.0. The van der Waals surface area contributed by atoms with Crippen molar-refractivity contribution in [2.24, 2.45) is 0 Å². The van der Waals surface area contributed by atoms with Gasteiger partial charge in [-0.1, -0.05) is 18.2 Å². The SMILES string of the molecule is C[C@@]1(Cc2ccccc2F)Cc2cc(C(=O)NCCO)ccc2O1. The zero-order valence-electron chi connectivity index (χ0n) is 13.5. The fraction of sp³-hybridized carbons (Fsp3) is 0.316. The van der Waals surface area contributed by atoms with Crippen LogP contribution in [-0.4, -0.2) is 29.8 Å². The number of aliphatic hydroxyl groups is 1. The van der Waals surface area contributed by atoms with Gasteiger partial charge >= 0.3 is 0 Å². The molecule has 5 heteroatoms. The number of hydrogen-bond donors (Lipinski definition) is 2. The molecule has 0 saturated heterocycles. The zero-order chi connectivity index (χ0) is 17.2. The molecule has 0 saturated carbocycles. The average molecular weight is 329 g/mol. The Balaban J connectivity index is 1.76. The summed E-state index contributed by atoms with van der Waals surface area (Å²) in [5.41, 5.74) is 1.55. The summed E-state index contributed by atoms with van der Waals surface area (Å²) >= 11 is 0. The maximum atomic E-state index is 13.9. The maximum absolute atomic E-state index is 13.9. The lowest BCUT2D eigenvalue weighted by Crippen LogP contribution is -2.33. The number of hydrogen-bond acceptors (Lipinski definition) is 3. The number of rotatable bonds is 5. The molecule has 126 valence electrons. The van der Waals surface area contributed by atoms with Crippen LogP contribution in [0.5, 0.6) is 5.75 Å². The third-order valence-electron chi connectivity index (χ3n) is 4.16. The van der Waals surface area contributed by atoms with E-state index in [2.05, 4.69) is 5.32 Å². The molecule has 3 rings (SSSR count). The predicted octanol–water partition coefficient (Wildman–Crippen LogP) is 2.48. The molecule has 1 heterocycles. The van der Waals surface area contributed by atoms with Gasteiger partial charge < -0.3 is 15.2 Å². The number of nitrogens with one attached hydrogen (secondary N) is 1. The number of fused-ring (bicyclic) bond motifs is 1. The molecule has 0 radical (unpaired) electrons. The van der Waals surface area contributed by atoms with E-state index in [1.807, 2.05) is 13.0 Å². The molecule has 1 aliphatic rings. The average Bonchev–Trinajstić information content (AvgIpc) is 2.89. The van der Waals surface area contributed by atoms with Crippen LogP contribution in [0, 0.1) is 5.82 Å². The Labute approximate surface area is 140 Å². The molecule has 24 heavy (non-hydrogen) atoms. The van der Waals surface area contributed by atoms with Crippen LogP contribution in [0.15, 0.2) is 42.5 Å². The van der Waals surface area contributed by atoms with Crippen LogP contribution in [0.2, 0.25) is 0 Å². The molecule has 0 aliphatic carbocycles. The quantitative estimate of drug-likeness (QED) is 0.886. The van der Waals surface area contributed by atoms with Crippen molar-refractivity contribution in [3.8, 4) is 5.75 Å². The van der Waals surface area contributed by atoms with Crippen molar-refractivity contribution >= 4 is 5.91 Å². The summed E-state index contributed by atoms with van der Waals surface area (Å²) in [5, 5.41) is 11.4. The molecule has 4 nitrogen and oxygen atoms in total. The van der Waals surface area contributed by atoms with Gasteiger partial charge in [-0.2, -0.15) is 0 Å². The number of halogens is 1. The van der Waals surface area contributed by atoms with Gasteiger partial charge in [0.15, 0.2) is 0 Å². The fourth-order valence-corrected chi connectivity index (χ4v) is 3.08. The van der Waals surface area contributed by atoms with Crippen LogP contribution < -0.4 is 10.1 Å². The Kier molecular flexibility index (Phi) is 4.53. The predicted molar refractivity (Wildman–Crippen MR) is 88.7 cm³/mol. The van der Waals surface area contributed by atoms with Crippen molar-refractivity contribution in [1.29, 1.82) is 0 Å². The molecule has 2 aromatic carbocycles. The summed E-state index contributed by atoms with van der Waals surface area (Å²) in [6.07, 6.45) is 1.07. The minimum Gasteiger partial charge on any atom is -0.487 e. The first-order valence-electron chi connectivity index (χ1n) is 7.95. The Morgan fingerprint density at radius 1 is 1.33 bits per heavy atom. The van der Waals surface area contributed by atoms with Gasteiger partial charge in [0.1, 0.15) is 17.2 Å². The van der Waals surface area contributed by atoms with Gasteiger partial charge in [-0.15, -0.1) is 0 Å². The Morgan fingerprint density at radius 2 is 2.12 bits per heavy atom. The van der Waals surface area contributed by atoms with Crippen LogP contribution in [0.25, 0.3) is 0 Å². The smallest absolute Gasteiger partial charge is 0.251 e. The molecule has 1 atom stereocenters. The summed E-state index contributed by atoms with van der Waals surface area (Å²) in [6.45, 7) is 2.07. The Morgan fingerprint density at radius 3 is 2.88 bits per heavy atom. The third kappa shape index (κ3) is 3.41. The van der Waals surface area contributed by atoms with Crippen molar-refractivity contribution in [3.63, 3.8) is 0 Å². The van der Waals surface area contributed by atoms with Gasteiger partial charge in [0.25, 0.3) is 5.91 Å². The molecule has 0 spiro atoms. The van der Waals surface area contributed by atoms with Gasteiger partial charge in [0.05, 0.1) is 6.61 Å². The van der Waals surface area contributed by atoms with Crippen molar-refractivity contribution < 1.29 is 19.0 Å². The number of carbonyl (C=O) groups is 1. The van der Waals surface area contributed by atoms with E-state index in [1.54, 1.807) is 30.3 Å². The van der Waals surface area contributed by atoms with Crippen LogP contribution >= 0.6 is 0 Å². The highest BCUT2D eigenvalue weighted by Gasteiger charge is 2.36. The van der Waals surface area contributed by atoms with Crippen molar-refractivity contribution in [2.75, 3.05) is 13.2 Å². The summed E-state index contributed by atoms with van der Waals surface area (Å²) in [5.74, 6) is 0.268. The van der Waals surface area contributed by atoms with E-state index in [-0.39, 0.29) is 24.9 Å². The first-order chi connectivity index (χ1) is 11.5. The summed E-state index contributed by atoms with van der Waals surface area (Å²) in [6, 6.07) is 12.0. The second kappa shape index (κ2) is 6.61. The number of ether oxygens (including phenoxy) is 1. The lowest BCUT2D eigenvalue weighted by molar-refractivity contribution is 0.0944. The largest absolute Gasteiger partial charge is 0.487 e. The summed E-state index contributed by atoms with van der Waals surface area (Å²) < 4.78 is 19.9. The molecular weight excluding hydrogens is 309 g/mol. The van der Waals surface area contributed by atoms with Gasteiger partial charge in [0, 0.05) is 24.9 Å². The number of aliphatic hydroxyl groups excluding tert-OH is 1. The molecule has 1 aliphatic heterocycles. The highest BCUT2D eigenvalue weighted by atomic mass is 19.1. The molecule has 2 aromatic rings. The third-order valence-corrected chi connectivity index (χ3v) is 4.16. The highest BCUT2D eigenvalue weighted by molar-refractivity contribution is 5.94. The van der Waals surface area contributed by atoms with Crippen molar-refractivity contribution in [3.05, 3.63) is 65.0 Å². The van der Waals surface area contributed by atoms with E-state index >= 15 is 0 Å². The van der Waals surface area contributed by atoms with Crippen LogP contribution in [0.4, 0.5) is 4.39 Å². The van der Waals surface area contributed by atoms with E-state index in [4.69, 9.17) is 9.84 Å². The summed E-state index contributed by atoms with van der Waals surface area (Å²) in [7, 11) is 0. The van der Waals surface area contributed by atoms with E-state index < -0.39 is 5.60 Å². The number of benzene rings is 2. The van der Waals surface area contributed by atoms with Gasteiger partial charge in [0.2, 0.25) is 0 Å². The first kappa shape index (κ1) is 16.5. The second-order valence-corrected chi connectivity index (χ2v) is 6.30. The fourth-order valence-electron chi connectivity index (χ4n) is 3.08. The molecule has 0 aromatic heterocycles. The lowest BCUT2D eigenvalue weighted by Gasteiger charge is -2.24. The molecule has 0 fully saturated rings. The van der Waals surface area contributed by atoms with E-state index in [0.717, 1.165) is 11.3 Å². The maximum Gasteiger partial charge on any atom is 0.251 e. The molecule has 0 bridgehead atoms. The second-order valence-electron chi connectivity index (χ2n) is 6.30. The van der Waals surface area contributed by atoms with Crippen LogP contribution in [0.1, 0.15) is 28.4 Å². The van der Waals surface area contributed by atoms with Crippen molar-refractivity contribution in [1.82, 2.24) is 5.32 Å². The first-order valence-corrected chi connectivity index (χ1v) is 7.95. The minimum absolute atomic E-state index is 0.0967. The molecular formula is C19H20FNO3. The zero-order valence-corrected chi connectivity index (χ0v) is 13.5. The van der Waals surface area contributed by atoms with E-state index in [1.165, 1.54) is 6.07 Å². The van der Waals surface area contributed by atoms with Crippen molar-refractivity contribution in [2.45, 2.75) is 25.4 Å². The number of amides is 1. The van der Waals surface area contributed by atoms with Gasteiger partial charge in [-0.05, 0) is 42.3 Å². The standard InChI is InChI=1S/C19H20FNO3/c1-19(11-14-4-2-3-5-16(14)20)12-15-10-13(6-7-17(15)24-19)18(23)21-8-9-22/h2-7,10,22H,8-9,11-12H2,1H3,(H,21,23)/t19-/m1/s1. The highest BCUT2D eigenvalue weighted by Crippen LogP contribution is 2.37. The van der Waals surface area contributed by atoms with Gasteiger partial charge in [-0.25, -0.2) is 4.39 Å². The van der Waals surface area contributed by atoms with Crippen LogP contribution in [0.3, 0.4) is 0 Å². The molecule has 2 N–H and O–H groups in total. The number of carbonyl (C=O) groups excluding carboxylic acids is 1.